The van der Waals surface area contributed by atoms with Gasteiger partial charge in [0.25, 0.3) is 5.56 Å². The van der Waals surface area contributed by atoms with Gasteiger partial charge in [-0.3, -0.25) is 9.36 Å². The Kier molecular flexibility index (Phi) is 10.4. The van der Waals surface area contributed by atoms with Crippen molar-refractivity contribution in [2.45, 2.75) is 26.1 Å². The third-order valence-corrected chi connectivity index (χ3v) is 8.58. The molecule has 42 heavy (non-hydrogen) atoms. The third kappa shape index (κ3) is 7.02. The van der Waals surface area contributed by atoms with Crippen molar-refractivity contribution < 1.29 is 37.0 Å². The van der Waals surface area contributed by atoms with Crippen LogP contribution in [-0.2, 0) is 19.1 Å². The number of allylic oxidation sites excluding steroid dienone is 1. The van der Waals surface area contributed by atoms with E-state index < -0.39 is 41.0 Å². The number of carbonyl (C=O) groups excluding carboxylic acids is 2. The molecule has 0 saturated heterocycles. The molecule has 0 fully saturated rings. The minimum atomic E-state index is -5.01. The largest absolute Gasteiger partial charge is 0.480 e. The second-order valence-corrected chi connectivity index (χ2v) is 12.3. The number of rotatable bonds is 8. The number of ether oxygens (including phenoxy) is 3. The normalized spacial score (nSPS) is 15.2. The molecule has 0 spiro atoms. The predicted molar refractivity (Wildman–Crippen MR) is 166 cm³/mol. The Bertz CT molecular complexity index is 1730. The zero-order chi connectivity index (χ0) is 30.8. The molecule has 0 N–H and O–H groups in total. The number of carbonyl (C=O) groups is 2. The van der Waals surface area contributed by atoms with Crippen LogP contribution >= 0.6 is 68.1 Å². The van der Waals surface area contributed by atoms with Crippen LogP contribution < -0.4 is 19.6 Å². The molecule has 1 aromatic heterocycles. The standard InChI is InChI=1S/C27H20ClF3I2N2O6S/c1-3-39-19(36)12-41-22-16(32)9-13(10-17(22)33)11-18-24(37)35-21(14-5-7-15(28)8-6-14)20(25(38)40-4-2)23(27(29,30)31)34-26(35)42-18/h5-11,21H,3-4,12H2,1-2H3/b18-11-/t21-/m1/s1. The Hall–Kier alpha value is -2.44. The third-order valence-electron chi connectivity index (χ3n) is 5.74. The highest BCUT2D eigenvalue weighted by atomic mass is 127. The van der Waals surface area contributed by atoms with Crippen LogP contribution in [0.3, 0.4) is 0 Å². The van der Waals surface area contributed by atoms with E-state index in [2.05, 4.69) is 4.99 Å². The number of halogens is 6. The van der Waals surface area contributed by atoms with Gasteiger partial charge < -0.3 is 14.2 Å². The summed E-state index contributed by atoms with van der Waals surface area (Å²) in [5.41, 5.74) is -2.09. The van der Waals surface area contributed by atoms with Crippen LogP contribution in [0.5, 0.6) is 5.75 Å². The summed E-state index contributed by atoms with van der Waals surface area (Å²) in [6.07, 6.45) is -3.49. The minimum absolute atomic E-state index is 0.0890. The Morgan fingerprint density at radius 3 is 2.29 bits per heavy atom. The molecule has 0 aliphatic carbocycles. The Morgan fingerprint density at radius 2 is 1.71 bits per heavy atom. The first-order valence-corrected chi connectivity index (χ1v) is 15.5. The van der Waals surface area contributed by atoms with Crippen LogP contribution in [-0.4, -0.2) is 42.5 Å². The lowest BCUT2D eigenvalue weighted by Gasteiger charge is -2.26. The fourth-order valence-corrected chi connectivity index (χ4v) is 7.34. The van der Waals surface area contributed by atoms with Gasteiger partial charge in [0.2, 0.25) is 0 Å². The number of nitrogens with zero attached hydrogens (tertiary/aromatic N) is 2. The number of esters is 2. The maximum absolute atomic E-state index is 14.3. The maximum atomic E-state index is 14.3. The van der Waals surface area contributed by atoms with Gasteiger partial charge in [0.1, 0.15) is 5.75 Å². The van der Waals surface area contributed by atoms with E-state index in [0.29, 0.717) is 23.5 Å². The number of hydrogen-bond donors (Lipinski definition) is 0. The molecule has 2 heterocycles. The van der Waals surface area contributed by atoms with Crippen LogP contribution in [0, 0.1) is 7.14 Å². The molecule has 0 radical (unpaired) electrons. The zero-order valence-corrected chi connectivity index (χ0v) is 27.6. The van der Waals surface area contributed by atoms with E-state index in [9.17, 15) is 27.6 Å². The highest BCUT2D eigenvalue weighted by molar-refractivity contribution is 14.1. The molecule has 0 amide bonds. The number of aromatic nitrogens is 1. The van der Waals surface area contributed by atoms with Gasteiger partial charge in [0.05, 0.1) is 36.5 Å². The summed E-state index contributed by atoms with van der Waals surface area (Å²) >= 11 is 10.8. The van der Waals surface area contributed by atoms with Crippen molar-refractivity contribution in [3.8, 4) is 5.75 Å². The molecule has 222 valence electrons. The van der Waals surface area contributed by atoms with Crippen molar-refractivity contribution in [3.63, 3.8) is 0 Å². The molecular weight excluding hydrogens is 827 g/mol. The van der Waals surface area contributed by atoms with E-state index in [1.165, 1.54) is 37.3 Å². The molecule has 2 aromatic carbocycles. The first-order valence-electron chi connectivity index (χ1n) is 12.2. The van der Waals surface area contributed by atoms with Gasteiger partial charge in [-0.2, -0.15) is 13.2 Å². The van der Waals surface area contributed by atoms with Gasteiger partial charge in [0.15, 0.2) is 17.1 Å². The fraction of sp³-hybridized carbons (Fsp3) is 0.259. The van der Waals surface area contributed by atoms with Gasteiger partial charge >= 0.3 is 18.1 Å². The summed E-state index contributed by atoms with van der Waals surface area (Å²) in [5, 5.41) is 0.322. The lowest BCUT2D eigenvalue weighted by molar-refractivity contribution is -0.145. The highest BCUT2D eigenvalue weighted by Gasteiger charge is 2.45. The molecule has 0 unspecified atom stereocenters. The topological polar surface area (TPSA) is 96.2 Å². The van der Waals surface area contributed by atoms with E-state index >= 15 is 0 Å². The van der Waals surface area contributed by atoms with E-state index in [4.69, 9.17) is 25.8 Å². The Balaban J connectivity index is 1.89. The Morgan fingerprint density at radius 1 is 1.10 bits per heavy atom. The van der Waals surface area contributed by atoms with E-state index in [1.807, 2.05) is 45.2 Å². The maximum Gasteiger partial charge on any atom is 0.434 e. The van der Waals surface area contributed by atoms with E-state index in [-0.39, 0.29) is 34.7 Å². The van der Waals surface area contributed by atoms with Crippen molar-refractivity contribution in [1.82, 2.24) is 4.57 Å². The fourth-order valence-electron chi connectivity index (χ4n) is 4.09. The number of thiazole rings is 1. The number of benzene rings is 2. The second kappa shape index (κ2) is 13.5. The second-order valence-electron chi connectivity index (χ2n) is 8.52. The summed E-state index contributed by atoms with van der Waals surface area (Å²) < 4.78 is 60.7. The first-order chi connectivity index (χ1) is 19.8. The van der Waals surface area contributed by atoms with Gasteiger partial charge in [-0.1, -0.05) is 35.1 Å². The summed E-state index contributed by atoms with van der Waals surface area (Å²) in [7, 11) is 0. The number of fused-ring (bicyclic) bond motifs is 1. The summed E-state index contributed by atoms with van der Waals surface area (Å²) in [5.74, 6) is -1.31. The SMILES string of the molecule is CCOC(=O)COc1c(I)cc(/C=c2\sc3n(c2=O)[C@H](c2ccc(Cl)cc2)C(C(=O)OCC)=C(C(F)(F)F)N=3)cc1I. The van der Waals surface area contributed by atoms with Crippen molar-refractivity contribution in [2.24, 2.45) is 4.99 Å². The van der Waals surface area contributed by atoms with Crippen LogP contribution in [0.25, 0.3) is 6.08 Å². The number of hydrogen-bond acceptors (Lipinski definition) is 8. The molecule has 0 bridgehead atoms. The predicted octanol–water partition coefficient (Wildman–Crippen LogP) is 5.15. The van der Waals surface area contributed by atoms with E-state index in [1.54, 1.807) is 19.1 Å². The van der Waals surface area contributed by atoms with Crippen molar-refractivity contribution >= 4 is 86.1 Å². The minimum Gasteiger partial charge on any atom is -0.480 e. The zero-order valence-electron chi connectivity index (χ0n) is 21.8. The lowest BCUT2D eigenvalue weighted by Crippen LogP contribution is -2.41. The summed E-state index contributed by atoms with van der Waals surface area (Å²) in [6, 6.07) is 7.74. The molecule has 3 aromatic rings. The van der Waals surface area contributed by atoms with Gasteiger partial charge in [-0.25, -0.2) is 14.6 Å². The van der Waals surface area contributed by atoms with Crippen molar-refractivity contribution in [2.75, 3.05) is 19.8 Å². The van der Waals surface area contributed by atoms with Gasteiger partial charge in [0, 0.05) is 5.02 Å². The average Bonchev–Trinajstić information content (AvgIpc) is 3.22. The Labute approximate surface area is 273 Å². The van der Waals surface area contributed by atoms with Gasteiger partial charge in [-0.15, -0.1) is 0 Å². The van der Waals surface area contributed by atoms with Crippen LogP contribution in [0.15, 0.2) is 57.5 Å². The smallest absolute Gasteiger partial charge is 0.434 e. The van der Waals surface area contributed by atoms with Gasteiger partial charge in [-0.05, 0) is 100 Å². The van der Waals surface area contributed by atoms with Crippen molar-refractivity contribution in [3.05, 3.63) is 90.6 Å². The molecule has 1 aliphatic rings. The molecule has 4 rings (SSSR count). The first kappa shape index (κ1) is 32.5. The lowest BCUT2D eigenvalue weighted by atomic mass is 9.95. The molecule has 1 atom stereocenters. The molecule has 8 nitrogen and oxygen atoms in total. The molecular formula is C27H20ClF3I2N2O6S. The summed E-state index contributed by atoms with van der Waals surface area (Å²) in [6.45, 7) is 2.91. The van der Waals surface area contributed by atoms with Crippen molar-refractivity contribution in [1.29, 1.82) is 0 Å². The molecule has 1 aliphatic heterocycles. The highest BCUT2D eigenvalue weighted by Crippen LogP contribution is 2.38. The van der Waals surface area contributed by atoms with Crippen LogP contribution in [0.2, 0.25) is 5.02 Å². The quantitative estimate of drug-likeness (QED) is 0.230. The van der Waals surface area contributed by atoms with Crippen LogP contribution in [0.4, 0.5) is 13.2 Å². The van der Waals surface area contributed by atoms with E-state index in [0.717, 1.165) is 15.9 Å². The monoisotopic (exact) mass is 846 g/mol. The molecule has 15 heteroatoms. The summed E-state index contributed by atoms with van der Waals surface area (Å²) in [4.78, 5) is 41.9. The van der Waals surface area contributed by atoms with Crippen LogP contribution in [0.1, 0.15) is 31.0 Å². The molecule has 0 saturated carbocycles. The average molecular weight is 847 g/mol. The number of alkyl halides is 3.